The molecular formula is C19H22N4O. The maximum absolute atomic E-state index is 11.8. The highest BCUT2D eigenvalue weighted by Crippen LogP contribution is 2.29. The van der Waals surface area contributed by atoms with E-state index in [0.29, 0.717) is 5.92 Å². The van der Waals surface area contributed by atoms with Crippen LogP contribution in [0, 0.1) is 25.7 Å². The average molecular weight is 322 g/mol. The zero-order chi connectivity index (χ0) is 16.7. The van der Waals surface area contributed by atoms with Crippen LogP contribution in [0.2, 0.25) is 0 Å². The number of fused-ring (bicyclic) bond motifs is 1. The van der Waals surface area contributed by atoms with Crippen molar-refractivity contribution in [2.24, 2.45) is 11.8 Å². The van der Waals surface area contributed by atoms with Crippen molar-refractivity contribution < 1.29 is 4.79 Å². The van der Waals surface area contributed by atoms with Crippen LogP contribution in [0.1, 0.15) is 17.0 Å². The van der Waals surface area contributed by atoms with Gasteiger partial charge in [-0.25, -0.2) is 4.98 Å². The Labute approximate surface area is 142 Å². The lowest BCUT2D eigenvalue weighted by molar-refractivity contribution is -0.122. The van der Waals surface area contributed by atoms with Crippen LogP contribution in [0.5, 0.6) is 0 Å². The number of nitrogens with zero attached hydrogens (tertiary/aromatic N) is 3. The molecule has 2 aromatic rings. The van der Waals surface area contributed by atoms with E-state index in [1.165, 1.54) is 5.56 Å². The fourth-order valence-electron chi connectivity index (χ4n) is 3.84. The minimum absolute atomic E-state index is 0.179. The Kier molecular flexibility index (Phi) is 3.81. The number of hydrogen-bond donors (Lipinski definition) is 1. The predicted octanol–water partition coefficient (Wildman–Crippen LogP) is 1.94. The van der Waals surface area contributed by atoms with E-state index in [2.05, 4.69) is 44.5 Å². The Balaban J connectivity index is 1.53. The molecule has 1 amide bonds. The van der Waals surface area contributed by atoms with Crippen molar-refractivity contribution in [1.82, 2.24) is 20.2 Å². The number of aryl methyl sites for hydroxylation is 2. The van der Waals surface area contributed by atoms with E-state index in [4.69, 9.17) is 0 Å². The highest BCUT2D eigenvalue weighted by Gasteiger charge is 2.41. The highest BCUT2D eigenvalue weighted by atomic mass is 16.2. The molecule has 0 spiro atoms. The van der Waals surface area contributed by atoms with E-state index in [-0.39, 0.29) is 11.8 Å². The SMILES string of the molecule is Cc1cnc(C)c(-c2cccc(CN3C[C@@H]4CNC(=O)[C@@H]4C3)c2)n1. The van der Waals surface area contributed by atoms with Crippen LogP contribution in [-0.2, 0) is 11.3 Å². The summed E-state index contributed by atoms with van der Waals surface area (Å²) < 4.78 is 0. The molecule has 24 heavy (non-hydrogen) atoms. The third kappa shape index (κ3) is 2.80. The Morgan fingerprint density at radius 3 is 3.00 bits per heavy atom. The summed E-state index contributed by atoms with van der Waals surface area (Å²) in [6.45, 7) is 7.54. The van der Waals surface area contributed by atoms with E-state index in [1.54, 1.807) is 6.20 Å². The normalized spacial score (nSPS) is 23.3. The molecule has 2 aliphatic rings. The summed E-state index contributed by atoms with van der Waals surface area (Å²) >= 11 is 0. The number of carbonyl (C=O) groups excluding carboxylic acids is 1. The summed E-state index contributed by atoms with van der Waals surface area (Å²) in [5.74, 6) is 0.880. The van der Waals surface area contributed by atoms with Crippen molar-refractivity contribution in [2.75, 3.05) is 19.6 Å². The van der Waals surface area contributed by atoms with E-state index < -0.39 is 0 Å². The van der Waals surface area contributed by atoms with Crippen LogP contribution in [0.4, 0.5) is 0 Å². The molecule has 124 valence electrons. The zero-order valence-corrected chi connectivity index (χ0v) is 14.1. The molecule has 5 nitrogen and oxygen atoms in total. The smallest absolute Gasteiger partial charge is 0.224 e. The predicted molar refractivity (Wildman–Crippen MR) is 92.2 cm³/mol. The lowest BCUT2D eigenvalue weighted by atomic mass is 10.0. The van der Waals surface area contributed by atoms with Gasteiger partial charge in [0.15, 0.2) is 0 Å². The maximum Gasteiger partial charge on any atom is 0.224 e. The summed E-state index contributed by atoms with van der Waals surface area (Å²) in [5.41, 5.74) is 5.20. The van der Waals surface area contributed by atoms with Gasteiger partial charge in [-0.15, -0.1) is 0 Å². The van der Waals surface area contributed by atoms with Gasteiger partial charge in [-0.2, -0.15) is 0 Å². The molecule has 5 heteroatoms. The summed E-state index contributed by atoms with van der Waals surface area (Å²) in [6.07, 6.45) is 1.80. The second kappa shape index (κ2) is 5.98. The number of nitrogens with one attached hydrogen (secondary N) is 1. The second-order valence-electron chi connectivity index (χ2n) is 6.95. The van der Waals surface area contributed by atoms with Crippen LogP contribution < -0.4 is 5.32 Å². The number of benzene rings is 1. The molecule has 0 aliphatic carbocycles. The van der Waals surface area contributed by atoms with Crippen LogP contribution in [-0.4, -0.2) is 40.4 Å². The molecule has 1 aromatic heterocycles. The molecule has 0 saturated carbocycles. The lowest BCUT2D eigenvalue weighted by Gasteiger charge is -2.17. The van der Waals surface area contributed by atoms with E-state index in [0.717, 1.165) is 48.8 Å². The molecule has 3 heterocycles. The summed E-state index contributed by atoms with van der Waals surface area (Å²) in [5, 5.41) is 2.97. The van der Waals surface area contributed by atoms with E-state index in [1.807, 2.05) is 13.8 Å². The maximum atomic E-state index is 11.8. The van der Waals surface area contributed by atoms with Gasteiger partial charge in [0.05, 0.1) is 23.0 Å². The minimum Gasteiger partial charge on any atom is -0.355 e. The van der Waals surface area contributed by atoms with Crippen molar-refractivity contribution in [3.63, 3.8) is 0 Å². The number of aromatic nitrogens is 2. The molecule has 2 atom stereocenters. The van der Waals surface area contributed by atoms with Gasteiger partial charge in [0.25, 0.3) is 0 Å². The van der Waals surface area contributed by atoms with E-state index >= 15 is 0 Å². The number of hydrogen-bond acceptors (Lipinski definition) is 4. The molecular weight excluding hydrogens is 300 g/mol. The average Bonchev–Trinajstić information content (AvgIpc) is 3.12. The van der Waals surface area contributed by atoms with Crippen LogP contribution in [0.15, 0.2) is 30.5 Å². The van der Waals surface area contributed by atoms with Gasteiger partial charge in [-0.05, 0) is 25.5 Å². The van der Waals surface area contributed by atoms with Crippen LogP contribution in [0.3, 0.4) is 0 Å². The highest BCUT2D eigenvalue weighted by molar-refractivity contribution is 5.81. The van der Waals surface area contributed by atoms with Crippen molar-refractivity contribution in [3.8, 4) is 11.3 Å². The third-order valence-electron chi connectivity index (χ3n) is 5.07. The Morgan fingerprint density at radius 2 is 2.17 bits per heavy atom. The standard InChI is InChI=1S/C19H22N4O/c1-12-7-20-13(2)18(22-12)15-5-3-4-14(6-15)9-23-10-16-8-21-19(24)17(16)11-23/h3-7,16-17H,8-11H2,1-2H3,(H,21,24)/t16-,17+/m0/s1. The number of carbonyl (C=O) groups is 1. The van der Waals surface area contributed by atoms with Gasteiger partial charge in [-0.1, -0.05) is 18.2 Å². The zero-order valence-electron chi connectivity index (χ0n) is 14.1. The molecule has 2 aliphatic heterocycles. The first-order valence-corrected chi connectivity index (χ1v) is 8.50. The van der Waals surface area contributed by atoms with Gasteiger partial charge >= 0.3 is 0 Å². The topological polar surface area (TPSA) is 58.1 Å². The molecule has 2 saturated heterocycles. The first kappa shape index (κ1) is 15.3. The summed E-state index contributed by atoms with van der Waals surface area (Å²) in [6, 6.07) is 8.52. The molecule has 0 unspecified atom stereocenters. The van der Waals surface area contributed by atoms with Gasteiger partial charge < -0.3 is 5.32 Å². The molecule has 1 N–H and O–H groups in total. The van der Waals surface area contributed by atoms with E-state index in [9.17, 15) is 4.79 Å². The fourth-order valence-corrected chi connectivity index (χ4v) is 3.84. The Hall–Kier alpha value is -2.27. The van der Waals surface area contributed by atoms with Crippen molar-refractivity contribution in [3.05, 3.63) is 47.4 Å². The van der Waals surface area contributed by atoms with Gasteiger partial charge in [0.2, 0.25) is 5.91 Å². The minimum atomic E-state index is 0.179. The summed E-state index contributed by atoms with van der Waals surface area (Å²) in [7, 11) is 0. The number of amides is 1. The fraction of sp³-hybridized carbons (Fsp3) is 0.421. The molecule has 1 aromatic carbocycles. The van der Waals surface area contributed by atoms with Crippen molar-refractivity contribution in [1.29, 1.82) is 0 Å². The largest absolute Gasteiger partial charge is 0.355 e. The van der Waals surface area contributed by atoms with Gasteiger partial charge in [0.1, 0.15) is 0 Å². The van der Waals surface area contributed by atoms with Gasteiger partial charge in [0, 0.05) is 43.9 Å². The van der Waals surface area contributed by atoms with Crippen molar-refractivity contribution in [2.45, 2.75) is 20.4 Å². The first-order chi connectivity index (χ1) is 11.6. The second-order valence-corrected chi connectivity index (χ2v) is 6.95. The number of rotatable bonds is 3. The molecule has 2 fully saturated rings. The molecule has 0 radical (unpaired) electrons. The van der Waals surface area contributed by atoms with Crippen molar-refractivity contribution >= 4 is 5.91 Å². The van der Waals surface area contributed by atoms with Crippen LogP contribution >= 0.6 is 0 Å². The van der Waals surface area contributed by atoms with Crippen LogP contribution in [0.25, 0.3) is 11.3 Å². The van der Waals surface area contributed by atoms with Gasteiger partial charge in [-0.3, -0.25) is 14.7 Å². The molecule has 4 rings (SSSR count). The quantitative estimate of drug-likeness (QED) is 0.938. The Morgan fingerprint density at radius 1 is 1.29 bits per heavy atom. The first-order valence-electron chi connectivity index (χ1n) is 8.50. The Bertz CT molecular complexity index is 789. The number of likely N-dealkylation sites (tertiary alicyclic amines) is 1. The third-order valence-corrected chi connectivity index (χ3v) is 5.07. The summed E-state index contributed by atoms with van der Waals surface area (Å²) in [4.78, 5) is 23.3. The lowest BCUT2D eigenvalue weighted by Crippen LogP contribution is -2.28. The monoisotopic (exact) mass is 322 g/mol. The molecule has 0 bridgehead atoms.